The van der Waals surface area contributed by atoms with Crippen molar-refractivity contribution >= 4 is 5.95 Å². The van der Waals surface area contributed by atoms with Crippen molar-refractivity contribution in [3.8, 4) is 0 Å². The average Bonchev–Trinajstić information content (AvgIpc) is 3.06. The number of aryl methyl sites for hydroxylation is 1. The molecule has 5 nitrogen and oxygen atoms in total. The number of aliphatic hydroxyl groups is 1. The van der Waals surface area contributed by atoms with Gasteiger partial charge in [0.25, 0.3) is 0 Å². The van der Waals surface area contributed by atoms with Gasteiger partial charge >= 0.3 is 6.18 Å². The first-order chi connectivity index (χ1) is 23.5. The van der Waals surface area contributed by atoms with Crippen LogP contribution in [0.4, 0.5) is 32.3 Å². The molecule has 2 unspecified atom stereocenters. The molecule has 2 aliphatic carbocycles. The van der Waals surface area contributed by atoms with Gasteiger partial charge in [0.05, 0.1) is 17.4 Å². The van der Waals surface area contributed by atoms with Gasteiger partial charge in [-0.1, -0.05) is 39.8 Å². The molecular formula is C39H48F6N4O. The van der Waals surface area contributed by atoms with Crippen LogP contribution in [-0.4, -0.2) is 39.1 Å². The Hall–Kier alpha value is -3.21. The van der Waals surface area contributed by atoms with Crippen molar-refractivity contribution in [3.63, 3.8) is 0 Å². The fourth-order valence-electron chi connectivity index (χ4n) is 8.16. The minimum Gasteiger partial charge on any atom is -0.388 e. The summed E-state index contributed by atoms with van der Waals surface area (Å²) in [5.74, 6) is -2.26. The zero-order valence-corrected chi connectivity index (χ0v) is 29.3. The van der Waals surface area contributed by atoms with Gasteiger partial charge in [0, 0.05) is 61.1 Å². The molecule has 1 aromatic carbocycles. The van der Waals surface area contributed by atoms with E-state index in [9.17, 15) is 27.1 Å². The van der Waals surface area contributed by atoms with Crippen molar-refractivity contribution in [2.75, 3.05) is 18.0 Å². The maximum atomic E-state index is 17.2. The lowest BCUT2D eigenvalue weighted by Gasteiger charge is -2.41. The first kappa shape index (κ1) is 36.6. The van der Waals surface area contributed by atoms with Crippen molar-refractivity contribution in [2.45, 2.75) is 128 Å². The predicted molar refractivity (Wildman–Crippen MR) is 181 cm³/mol. The molecule has 0 radical (unpaired) electrons. The van der Waals surface area contributed by atoms with Crippen LogP contribution in [0.3, 0.4) is 0 Å². The molecule has 2 atom stereocenters. The van der Waals surface area contributed by atoms with Crippen molar-refractivity contribution in [1.82, 2.24) is 15.0 Å². The molecule has 2 fully saturated rings. The molecule has 3 aliphatic rings. The molecule has 1 N–H and O–H groups in total. The number of pyridine rings is 1. The lowest BCUT2D eigenvalue weighted by molar-refractivity contribution is -0.137. The highest BCUT2D eigenvalue weighted by molar-refractivity contribution is 5.51. The van der Waals surface area contributed by atoms with E-state index in [-0.39, 0.29) is 48.1 Å². The van der Waals surface area contributed by atoms with Gasteiger partial charge in [0.2, 0.25) is 11.9 Å². The van der Waals surface area contributed by atoms with Crippen LogP contribution >= 0.6 is 0 Å². The van der Waals surface area contributed by atoms with E-state index in [0.29, 0.717) is 73.2 Å². The molecule has 2 aromatic heterocycles. The van der Waals surface area contributed by atoms with E-state index in [1.165, 1.54) is 0 Å². The van der Waals surface area contributed by atoms with Crippen LogP contribution in [0.1, 0.15) is 148 Å². The number of hydrogen-bond acceptors (Lipinski definition) is 5. The first-order valence-corrected chi connectivity index (χ1v) is 18.0. The average molecular weight is 703 g/mol. The van der Waals surface area contributed by atoms with Crippen LogP contribution in [0.25, 0.3) is 0 Å². The Bertz CT molecular complexity index is 1620. The summed E-state index contributed by atoms with van der Waals surface area (Å²) in [6, 6.07) is 4.05. The van der Waals surface area contributed by atoms with Crippen LogP contribution in [0.15, 0.2) is 36.7 Å². The van der Waals surface area contributed by atoms with Crippen LogP contribution in [0, 0.1) is 11.3 Å². The van der Waals surface area contributed by atoms with Gasteiger partial charge in [-0.15, -0.1) is 0 Å². The number of piperidine rings is 1. The number of fused-ring (bicyclic) bond motifs is 1. The fraction of sp³-hybridized carbons (Fsp3) is 0.615. The standard InChI is InChI=1S/C39H48F6N4O/c1-23(2)5-6-24-21-46-36(47-22-24)49-17-13-27(14-18-49)35-33(34(40)26-7-9-28(10-8-26)39(43,44)45)31(25-11-15-38(41,42)16-12-25)32-29(48-35)19-37(3,4)20-30(32)50/h7-10,21-23,25,27,30,34,50H,5-6,11-20H2,1-4H3. The van der Waals surface area contributed by atoms with Crippen molar-refractivity contribution in [1.29, 1.82) is 0 Å². The summed E-state index contributed by atoms with van der Waals surface area (Å²) in [7, 11) is 0. The normalized spacial score (nSPS) is 22.1. The van der Waals surface area contributed by atoms with E-state index in [1.807, 2.05) is 26.2 Å². The second kappa shape index (κ2) is 14.1. The molecule has 1 aliphatic heterocycles. The van der Waals surface area contributed by atoms with Crippen LogP contribution in [-0.2, 0) is 19.0 Å². The Balaban J connectivity index is 1.40. The number of halogens is 6. The van der Waals surface area contributed by atoms with E-state index in [0.717, 1.165) is 42.7 Å². The van der Waals surface area contributed by atoms with Crippen LogP contribution in [0.2, 0.25) is 0 Å². The second-order valence-corrected chi connectivity index (χ2v) is 15.9. The highest BCUT2D eigenvalue weighted by Crippen LogP contribution is 2.52. The summed E-state index contributed by atoms with van der Waals surface area (Å²) in [5.41, 5.74) is 2.44. The number of anilines is 1. The minimum absolute atomic E-state index is 0.0393. The second-order valence-electron chi connectivity index (χ2n) is 15.9. The molecule has 1 saturated carbocycles. The molecule has 3 heterocycles. The van der Waals surface area contributed by atoms with E-state index < -0.39 is 35.9 Å². The summed E-state index contributed by atoms with van der Waals surface area (Å²) in [4.78, 5) is 16.5. The smallest absolute Gasteiger partial charge is 0.388 e. The largest absolute Gasteiger partial charge is 0.416 e. The third kappa shape index (κ3) is 7.97. The molecule has 0 spiro atoms. The summed E-state index contributed by atoms with van der Waals surface area (Å²) >= 11 is 0. The molecular weight excluding hydrogens is 654 g/mol. The zero-order chi connectivity index (χ0) is 36.0. The van der Waals surface area contributed by atoms with Gasteiger partial charge in [0.15, 0.2) is 6.17 Å². The molecule has 11 heteroatoms. The van der Waals surface area contributed by atoms with E-state index in [1.54, 1.807) is 0 Å². The Labute approximate surface area is 290 Å². The van der Waals surface area contributed by atoms with E-state index in [4.69, 9.17) is 4.98 Å². The fourth-order valence-corrected chi connectivity index (χ4v) is 8.16. The minimum atomic E-state index is -4.58. The third-order valence-electron chi connectivity index (χ3n) is 10.9. The number of aliphatic hydroxyl groups excluding tert-OH is 1. The molecule has 50 heavy (non-hydrogen) atoms. The van der Waals surface area contributed by atoms with Crippen molar-refractivity contribution in [3.05, 3.63) is 81.4 Å². The Morgan fingerprint density at radius 2 is 1.54 bits per heavy atom. The Morgan fingerprint density at radius 1 is 0.920 bits per heavy atom. The Kier molecular flexibility index (Phi) is 10.3. The number of benzene rings is 1. The molecule has 3 aromatic rings. The van der Waals surface area contributed by atoms with Gasteiger partial charge < -0.3 is 10.0 Å². The van der Waals surface area contributed by atoms with Crippen LogP contribution in [0.5, 0.6) is 0 Å². The highest BCUT2D eigenvalue weighted by Gasteiger charge is 2.44. The lowest BCUT2D eigenvalue weighted by Crippen LogP contribution is -2.36. The monoisotopic (exact) mass is 702 g/mol. The summed E-state index contributed by atoms with van der Waals surface area (Å²) < 4.78 is 86.5. The van der Waals surface area contributed by atoms with Gasteiger partial charge in [-0.3, -0.25) is 4.98 Å². The first-order valence-electron chi connectivity index (χ1n) is 18.0. The molecule has 0 amide bonds. The van der Waals surface area contributed by atoms with Crippen LogP contribution < -0.4 is 4.90 Å². The summed E-state index contributed by atoms with van der Waals surface area (Å²) in [6.07, 6.45) is -0.0298. The number of hydrogen-bond donors (Lipinski definition) is 1. The van der Waals surface area contributed by atoms with Gasteiger partial charge in [-0.25, -0.2) is 23.1 Å². The molecule has 6 rings (SSSR count). The van der Waals surface area contributed by atoms with Gasteiger partial charge in [-0.05, 0) is 97.4 Å². The maximum absolute atomic E-state index is 17.2. The SMILES string of the molecule is CC(C)CCc1cnc(N2CCC(c3nc4c(c(C5CCC(F)(F)CC5)c3C(F)c3ccc(C(F)(F)F)cc3)C(O)CC(C)(C)C4)CC2)nc1. The van der Waals surface area contributed by atoms with Gasteiger partial charge in [0.1, 0.15) is 0 Å². The number of rotatable bonds is 8. The summed E-state index contributed by atoms with van der Waals surface area (Å²) in [5, 5.41) is 11.6. The molecule has 0 bridgehead atoms. The van der Waals surface area contributed by atoms with Gasteiger partial charge in [-0.2, -0.15) is 13.2 Å². The number of aromatic nitrogens is 3. The summed E-state index contributed by atoms with van der Waals surface area (Å²) in [6.45, 7) is 9.62. The highest BCUT2D eigenvalue weighted by atomic mass is 19.4. The molecule has 1 saturated heterocycles. The molecule has 272 valence electrons. The zero-order valence-electron chi connectivity index (χ0n) is 29.3. The van der Waals surface area contributed by atoms with E-state index >= 15 is 4.39 Å². The maximum Gasteiger partial charge on any atom is 0.416 e. The number of alkyl halides is 6. The quantitative estimate of drug-likeness (QED) is 0.237. The topological polar surface area (TPSA) is 62.1 Å². The van der Waals surface area contributed by atoms with Crippen molar-refractivity contribution in [2.24, 2.45) is 11.3 Å². The Morgan fingerprint density at radius 3 is 2.12 bits per heavy atom. The van der Waals surface area contributed by atoms with E-state index in [2.05, 4.69) is 28.7 Å². The number of nitrogens with zero attached hydrogens (tertiary/aromatic N) is 4. The third-order valence-corrected chi connectivity index (χ3v) is 10.9. The van der Waals surface area contributed by atoms with Crippen molar-refractivity contribution < 1.29 is 31.4 Å². The lowest BCUT2D eigenvalue weighted by atomic mass is 9.68. The predicted octanol–water partition coefficient (Wildman–Crippen LogP) is 10.2.